The third-order valence-corrected chi connectivity index (χ3v) is 4.92. The smallest absolute Gasteiger partial charge is 0.342 e. The van der Waals surface area contributed by atoms with Crippen molar-refractivity contribution in [3.05, 3.63) is 108 Å². The molecule has 0 aromatic heterocycles. The van der Waals surface area contributed by atoms with Crippen LogP contribution in [-0.2, 0) is 18.0 Å². The quantitative estimate of drug-likeness (QED) is 0.325. The summed E-state index contributed by atoms with van der Waals surface area (Å²) >= 11 is 0. The predicted molar refractivity (Wildman–Crippen MR) is 121 cm³/mol. The van der Waals surface area contributed by atoms with Crippen LogP contribution in [0.1, 0.15) is 28.4 Å². The summed E-state index contributed by atoms with van der Waals surface area (Å²) in [6.07, 6.45) is 0. The van der Waals surface area contributed by atoms with Gasteiger partial charge in [0.25, 0.3) is 0 Å². The van der Waals surface area contributed by atoms with Gasteiger partial charge in [-0.2, -0.15) is 0 Å². The van der Waals surface area contributed by atoms with Gasteiger partial charge in [0.1, 0.15) is 30.3 Å². The van der Waals surface area contributed by atoms with Crippen LogP contribution >= 0.6 is 0 Å². The standard InChI is InChI=1S/C27H24O4/c1-2-29-27(28)24-17-25(30-18-20-11-5-3-6-12-20)22-15-9-10-16-23(22)26(24)31-19-21-13-7-4-8-14-21/h3-17H,2,18-19H2,1H3. The van der Waals surface area contributed by atoms with Crippen molar-refractivity contribution in [2.75, 3.05) is 6.61 Å². The van der Waals surface area contributed by atoms with Crippen molar-refractivity contribution in [2.45, 2.75) is 20.1 Å². The lowest BCUT2D eigenvalue weighted by Gasteiger charge is -2.17. The van der Waals surface area contributed by atoms with Crippen LogP contribution in [0.3, 0.4) is 0 Å². The Bertz CT molecular complexity index is 1150. The molecule has 0 amide bonds. The van der Waals surface area contributed by atoms with E-state index in [1.807, 2.05) is 84.9 Å². The molecule has 4 nitrogen and oxygen atoms in total. The third kappa shape index (κ3) is 4.86. The first kappa shape index (κ1) is 20.5. The van der Waals surface area contributed by atoms with Gasteiger partial charge in [-0.25, -0.2) is 4.79 Å². The average Bonchev–Trinajstić information content (AvgIpc) is 2.83. The van der Waals surface area contributed by atoms with Crippen LogP contribution in [0, 0.1) is 0 Å². The molecular weight excluding hydrogens is 388 g/mol. The van der Waals surface area contributed by atoms with E-state index in [1.165, 1.54) is 0 Å². The molecule has 0 aliphatic rings. The van der Waals surface area contributed by atoms with Crippen molar-refractivity contribution >= 4 is 16.7 Å². The molecule has 4 aromatic carbocycles. The summed E-state index contributed by atoms with van der Waals surface area (Å²) in [5.74, 6) is 0.695. The van der Waals surface area contributed by atoms with Crippen LogP contribution in [0.4, 0.5) is 0 Å². The van der Waals surface area contributed by atoms with Crippen LogP contribution in [0.5, 0.6) is 11.5 Å². The molecule has 0 spiro atoms. The molecule has 0 fully saturated rings. The van der Waals surface area contributed by atoms with E-state index in [0.29, 0.717) is 30.3 Å². The number of rotatable bonds is 8. The van der Waals surface area contributed by atoms with Crippen LogP contribution in [0.15, 0.2) is 91.0 Å². The van der Waals surface area contributed by atoms with Gasteiger partial charge in [-0.3, -0.25) is 0 Å². The van der Waals surface area contributed by atoms with Crippen molar-refractivity contribution in [3.63, 3.8) is 0 Å². The van der Waals surface area contributed by atoms with Gasteiger partial charge < -0.3 is 14.2 Å². The van der Waals surface area contributed by atoms with Crippen molar-refractivity contribution in [1.29, 1.82) is 0 Å². The number of benzene rings is 4. The highest BCUT2D eigenvalue weighted by Gasteiger charge is 2.21. The van der Waals surface area contributed by atoms with Gasteiger partial charge in [0.2, 0.25) is 0 Å². The number of fused-ring (bicyclic) bond motifs is 1. The Morgan fingerprint density at radius 1 is 0.710 bits per heavy atom. The molecule has 4 heteroatoms. The number of hydrogen-bond donors (Lipinski definition) is 0. The fourth-order valence-electron chi connectivity index (χ4n) is 3.42. The minimum Gasteiger partial charge on any atom is -0.488 e. The number of esters is 1. The van der Waals surface area contributed by atoms with Gasteiger partial charge in [-0.15, -0.1) is 0 Å². The molecule has 31 heavy (non-hydrogen) atoms. The van der Waals surface area contributed by atoms with Gasteiger partial charge in [0, 0.05) is 10.8 Å². The highest BCUT2D eigenvalue weighted by Crippen LogP contribution is 2.38. The molecule has 0 aliphatic heterocycles. The predicted octanol–water partition coefficient (Wildman–Crippen LogP) is 6.17. The van der Waals surface area contributed by atoms with Crippen molar-refractivity contribution < 1.29 is 19.0 Å². The molecule has 4 rings (SSSR count). The maximum atomic E-state index is 12.8. The molecule has 0 saturated carbocycles. The fraction of sp³-hybridized carbons (Fsp3) is 0.148. The molecular formula is C27H24O4. The lowest BCUT2D eigenvalue weighted by atomic mass is 10.0. The minimum atomic E-state index is -0.430. The van der Waals surface area contributed by atoms with Gasteiger partial charge >= 0.3 is 5.97 Å². The molecule has 156 valence electrons. The van der Waals surface area contributed by atoms with Crippen molar-refractivity contribution in [2.24, 2.45) is 0 Å². The zero-order valence-electron chi connectivity index (χ0n) is 17.4. The zero-order chi connectivity index (χ0) is 21.5. The molecule has 0 heterocycles. The van der Waals surface area contributed by atoms with Crippen LogP contribution in [0.25, 0.3) is 10.8 Å². The highest BCUT2D eigenvalue weighted by atomic mass is 16.5. The second-order valence-corrected chi connectivity index (χ2v) is 7.07. The summed E-state index contributed by atoms with van der Waals surface area (Å²) in [4.78, 5) is 12.8. The summed E-state index contributed by atoms with van der Waals surface area (Å²) in [5, 5.41) is 1.70. The monoisotopic (exact) mass is 412 g/mol. The van der Waals surface area contributed by atoms with Gasteiger partial charge in [-0.05, 0) is 24.1 Å². The Morgan fingerprint density at radius 3 is 1.87 bits per heavy atom. The molecule has 0 atom stereocenters. The first-order chi connectivity index (χ1) is 15.3. The Kier molecular flexibility index (Phi) is 6.48. The van der Waals surface area contributed by atoms with E-state index in [2.05, 4.69) is 0 Å². The lowest BCUT2D eigenvalue weighted by Crippen LogP contribution is -2.09. The zero-order valence-corrected chi connectivity index (χ0v) is 17.4. The Labute approximate surface area is 182 Å². The summed E-state index contributed by atoms with van der Waals surface area (Å²) < 4.78 is 17.6. The maximum absolute atomic E-state index is 12.8. The van der Waals surface area contributed by atoms with E-state index in [0.717, 1.165) is 21.9 Å². The molecule has 0 saturated heterocycles. The van der Waals surface area contributed by atoms with Gasteiger partial charge in [0.05, 0.1) is 6.61 Å². The van der Waals surface area contributed by atoms with Gasteiger partial charge in [-0.1, -0.05) is 84.9 Å². The number of hydrogen-bond acceptors (Lipinski definition) is 4. The molecule has 0 radical (unpaired) electrons. The van der Waals surface area contributed by atoms with E-state index in [-0.39, 0.29) is 6.61 Å². The number of carbonyl (C=O) groups excluding carboxylic acids is 1. The fourth-order valence-corrected chi connectivity index (χ4v) is 3.42. The summed E-state index contributed by atoms with van der Waals surface area (Å²) in [5.41, 5.74) is 2.43. The lowest BCUT2D eigenvalue weighted by molar-refractivity contribution is 0.0521. The van der Waals surface area contributed by atoms with E-state index in [1.54, 1.807) is 13.0 Å². The van der Waals surface area contributed by atoms with Crippen molar-refractivity contribution in [3.8, 4) is 11.5 Å². The van der Waals surface area contributed by atoms with Crippen LogP contribution in [-0.4, -0.2) is 12.6 Å². The number of carbonyl (C=O) groups is 1. The SMILES string of the molecule is CCOC(=O)c1cc(OCc2ccccc2)c2ccccc2c1OCc1ccccc1. The molecule has 4 aromatic rings. The Hall–Kier alpha value is -3.79. The van der Waals surface area contributed by atoms with Gasteiger partial charge in [0.15, 0.2) is 0 Å². The average molecular weight is 412 g/mol. The topological polar surface area (TPSA) is 44.8 Å². The molecule has 0 aliphatic carbocycles. The Morgan fingerprint density at radius 2 is 1.26 bits per heavy atom. The highest BCUT2D eigenvalue weighted by molar-refractivity contribution is 6.04. The Balaban J connectivity index is 1.74. The summed E-state index contributed by atoms with van der Waals surface area (Å²) in [6, 6.07) is 29.3. The molecule has 0 N–H and O–H groups in total. The minimum absolute atomic E-state index is 0.282. The third-order valence-electron chi connectivity index (χ3n) is 4.92. The van der Waals surface area contributed by atoms with E-state index >= 15 is 0 Å². The second-order valence-electron chi connectivity index (χ2n) is 7.07. The second kappa shape index (κ2) is 9.81. The van der Waals surface area contributed by atoms with Crippen LogP contribution in [0.2, 0.25) is 0 Å². The normalized spacial score (nSPS) is 10.6. The number of ether oxygens (including phenoxy) is 3. The van der Waals surface area contributed by atoms with Crippen molar-refractivity contribution in [1.82, 2.24) is 0 Å². The summed E-state index contributed by atoms with van der Waals surface area (Å²) in [7, 11) is 0. The first-order valence-electron chi connectivity index (χ1n) is 10.3. The largest absolute Gasteiger partial charge is 0.488 e. The van der Waals surface area contributed by atoms with E-state index < -0.39 is 5.97 Å². The van der Waals surface area contributed by atoms with E-state index in [9.17, 15) is 4.79 Å². The molecule has 0 unspecified atom stereocenters. The maximum Gasteiger partial charge on any atom is 0.342 e. The van der Waals surface area contributed by atoms with E-state index in [4.69, 9.17) is 14.2 Å². The summed E-state index contributed by atoms with van der Waals surface area (Å²) in [6.45, 7) is 2.82. The molecule has 0 bridgehead atoms. The first-order valence-corrected chi connectivity index (χ1v) is 10.3. The van der Waals surface area contributed by atoms with Crippen LogP contribution < -0.4 is 9.47 Å².